The number of benzene rings is 2. The molecular formula is C23H28N3O3+. The number of nitrogens with one attached hydrogen (secondary N) is 2. The zero-order chi connectivity index (χ0) is 21.0. The van der Waals surface area contributed by atoms with Gasteiger partial charge in [0.1, 0.15) is 6.04 Å². The Bertz CT molecular complexity index is 871. The lowest BCUT2D eigenvalue weighted by Crippen LogP contribution is -3.07. The van der Waals surface area contributed by atoms with E-state index in [4.69, 9.17) is 0 Å². The average molecular weight is 394 g/mol. The third-order valence-electron chi connectivity index (χ3n) is 5.43. The van der Waals surface area contributed by atoms with Crippen molar-refractivity contribution < 1.29 is 19.3 Å². The van der Waals surface area contributed by atoms with Crippen LogP contribution >= 0.6 is 0 Å². The lowest BCUT2D eigenvalue weighted by atomic mass is 10.0. The number of hydrogen-bond donors (Lipinski definition) is 2. The summed E-state index contributed by atoms with van der Waals surface area (Å²) in [6.07, 6.45) is 1.09. The van der Waals surface area contributed by atoms with Crippen LogP contribution in [0.4, 0.5) is 0 Å². The molecule has 0 saturated carbocycles. The molecule has 1 aliphatic rings. The number of rotatable bonds is 8. The Morgan fingerprint density at radius 2 is 1.59 bits per heavy atom. The van der Waals surface area contributed by atoms with E-state index in [1.807, 2.05) is 0 Å². The average Bonchev–Trinajstić information content (AvgIpc) is 2.97. The monoisotopic (exact) mass is 394 g/mol. The molecule has 2 aromatic rings. The number of fused-ring (bicyclic) bond motifs is 1. The summed E-state index contributed by atoms with van der Waals surface area (Å²) in [6.45, 7) is 2.70. The maximum Gasteiger partial charge on any atom is 0.261 e. The lowest BCUT2D eigenvalue weighted by Gasteiger charge is -2.22. The molecule has 1 atom stereocenters. The number of imide groups is 1. The molecule has 2 aromatic carbocycles. The van der Waals surface area contributed by atoms with Crippen molar-refractivity contribution in [1.29, 1.82) is 0 Å². The van der Waals surface area contributed by atoms with E-state index in [2.05, 4.69) is 50.6 Å². The van der Waals surface area contributed by atoms with E-state index in [1.54, 1.807) is 24.3 Å². The standard InChI is InChI=1S/C23H27N3O3/c1-4-16-9-11-17(12-10-16)20(25(2)3)15-24-21(27)13-14-26-22(28)18-7-5-6-8-19(18)23(26)29/h5-12,20H,4,13-15H2,1-3H3,(H,24,27)/p+1/t20-/m1/s1. The van der Waals surface area contributed by atoms with Crippen LogP contribution in [0.2, 0.25) is 0 Å². The predicted molar refractivity (Wildman–Crippen MR) is 111 cm³/mol. The lowest BCUT2D eigenvalue weighted by molar-refractivity contribution is -0.890. The summed E-state index contributed by atoms with van der Waals surface area (Å²) in [6, 6.07) is 15.3. The Morgan fingerprint density at radius 3 is 2.10 bits per heavy atom. The van der Waals surface area contributed by atoms with Gasteiger partial charge in [0.15, 0.2) is 0 Å². The first kappa shape index (κ1) is 20.7. The molecule has 6 nitrogen and oxygen atoms in total. The van der Waals surface area contributed by atoms with Crippen molar-refractivity contribution in [3.05, 3.63) is 70.8 Å². The van der Waals surface area contributed by atoms with Crippen LogP contribution in [-0.4, -0.2) is 49.8 Å². The van der Waals surface area contributed by atoms with Gasteiger partial charge in [0.05, 0.1) is 31.8 Å². The smallest absolute Gasteiger partial charge is 0.261 e. The highest BCUT2D eigenvalue weighted by atomic mass is 16.2. The molecule has 2 N–H and O–H groups in total. The number of likely N-dealkylation sites (N-methyl/N-ethyl adjacent to an activating group) is 1. The third kappa shape index (κ3) is 4.54. The summed E-state index contributed by atoms with van der Waals surface area (Å²) in [5, 5.41) is 2.96. The second-order valence-electron chi connectivity index (χ2n) is 7.59. The van der Waals surface area contributed by atoms with Crippen LogP contribution in [0.5, 0.6) is 0 Å². The number of nitrogens with zero attached hydrogens (tertiary/aromatic N) is 1. The van der Waals surface area contributed by atoms with Gasteiger partial charge in [-0.05, 0) is 24.1 Å². The summed E-state index contributed by atoms with van der Waals surface area (Å²) < 4.78 is 0. The summed E-state index contributed by atoms with van der Waals surface area (Å²) in [5.74, 6) is -0.826. The Hall–Kier alpha value is -2.99. The van der Waals surface area contributed by atoms with Gasteiger partial charge in [0.2, 0.25) is 5.91 Å². The molecule has 3 amide bonds. The second-order valence-corrected chi connectivity index (χ2v) is 7.59. The van der Waals surface area contributed by atoms with Crippen LogP contribution in [0.15, 0.2) is 48.5 Å². The van der Waals surface area contributed by atoms with Gasteiger partial charge in [0, 0.05) is 18.5 Å². The van der Waals surface area contributed by atoms with E-state index < -0.39 is 0 Å². The number of amides is 3. The van der Waals surface area contributed by atoms with E-state index in [-0.39, 0.29) is 36.7 Å². The van der Waals surface area contributed by atoms with E-state index in [1.165, 1.54) is 16.0 Å². The van der Waals surface area contributed by atoms with Crippen molar-refractivity contribution in [3.63, 3.8) is 0 Å². The molecule has 1 heterocycles. The molecule has 0 aromatic heterocycles. The SMILES string of the molecule is CCc1ccc([C@@H](CNC(=O)CCN2C(=O)c3ccccc3C2=O)[NH+](C)C)cc1. The first-order valence-electron chi connectivity index (χ1n) is 10.0. The fourth-order valence-electron chi connectivity index (χ4n) is 3.60. The van der Waals surface area contributed by atoms with Crippen molar-refractivity contribution >= 4 is 17.7 Å². The van der Waals surface area contributed by atoms with Crippen LogP contribution < -0.4 is 10.2 Å². The first-order chi connectivity index (χ1) is 13.9. The molecule has 1 aliphatic heterocycles. The predicted octanol–water partition coefficient (Wildman–Crippen LogP) is 1.24. The van der Waals surface area contributed by atoms with Crippen molar-refractivity contribution in [2.45, 2.75) is 25.8 Å². The molecular weight excluding hydrogens is 366 g/mol. The number of hydrogen-bond acceptors (Lipinski definition) is 3. The van der Waals surface area contributed by atoms with Crippen molar-refractivity contribution in [2.75, 3.05) is 27.2 Å². The molecule has 29 heavy (non-hydrogen) atoms. The normalized spacial score (nSPS) is 14.3. The van der Waals surface area contributed by atoms with Crippen LogP contribution in [0, 0.1) is 0 Å². The number of carbonyl (C=O) groups excluding carboxylic acids is 3. The Labute approximate surface area is 171 Å². The minimum atomic E-state index is -0.329. The molecule has 3 rings (SSSR count). The molecule has 0 bridgehead atoms. The largest absolute Gasteiger partial charge is 0.350 e. The van der Waals surface area contributed by atoms with Gasteiger partial charge < -0.3 is 10.2 Å². The summed E-state index contributed by atoms with van der Waals surface area (Å²) >= 11 is 0. The van der Waals surface area contributed by atoms with Crippen molar-refractivity contribution in [1.82, 2.24) is 10.2 Å². The molecule has 0 fully saturated rings. The van der Waals surface area contributed by atoms with Crippen LogP contribution in [-0.2, 0) is 11.2 Å². The maximum absolute atomic E-state index is 12.4. The Kier molecular flexibility index (Phi) is 6.44. The van der Waals surface area contributed by atoms with E-state index >= 15 is 0 Å². The van der Waals surface area contributed by atoms with Crippen LogP contribution in [0.25, 0.3) is 0 Å². The zero-order valence-corrected chi connectivity index (χ0v) is 17.2. The molecule has 0 radical (unpaired) electrons. The van der Waals surface area contributed by atoms with Gasteiger partial charge in [-0.15, -0.1) is 0 Å². The van der Waals surface area contributed by atoms with Crippen molar-refractivity contribution in [3.8, 4) is 0 Å². The number of quaternary nitrogens is 1. The van der Waals surface area contributed by atoms with Gasteiger partial charge in [0.25, 0.3) is 11.8 Å². The van der Waals surface area contributed by atoms with E-state index in [0.29, 0.717) is 17.7 Å². The quantitative estimate of drug-likeness (QED) is 0.662. The Balaban J connectivity index is 1.55. The molecule has 6 heteroatoms. The highest BCUT2D eigenvalue weighted by Gasteiger charge is 2.35. The molecule has 152 valence electrons. The second kappa shape index (κ2) is 9.01. The summed E-state index contributed by atoms with van der Waals surface area (Å²) in [5.41, 5.74) is 3.27. The van der Waals surface area contributed by atoms with Gasteiger partial charge >= 0.3 is 0 Å². The van der Waals surface area contributed by atoms with Gasteiger partial charge in [-0.1, -0.05) is 43.3 Å². The minimum Gasteiger partial charge on any atom is -0.350 e. The minimum absolute atomic E-state index is 0.0862. The van der Waals surface area contributed by atoms with Crippen LogP contribution in [0.3, 0.4) is 0 Å². The summed E-state index contributed by atoms with van der Waals surface area (Å²) in [4.78, 5) is 39.5. The highest BCUT2D eigenvalue weighted by Crippen LogP contribution is 2.22. The maximum atomic E-state index is 12.4. The Morgan fingerprint density at radius 1 is 1.00 bits per heavy atom. The van der Waals surface area contributed by atoms with Gasteiger partial charge in [-0.3, -0.25) is 19.3 Å². The first-order valence-corrected chi connectivity index (χ1v) is 10.0. The highest BCUT2D eigenvalue weighted by molar-refractivity contribution is 6.21. The molecule has 0 spiro atoms. The van der Waals surface area contributed by atoms with Crippen LogP contribution in [0.1, 0.15) is 51.2 Å². The van der Waals surface area contributed by atoms with Gasteiger partial charge in [-0.2, -0.15) is 0 Å². The fraction of sp³-hybridized carbons (Fsp3) is 0.348. The zero-order valence-electron chi connectivity index (χ0n) is 17.2. The molecule has 0 unspecified atom stereocenters. The molecule has 0 aliphatic carbocycles. The van der Waals surface area contributed by atoms with E-state index in [0.717, 1.165) is 11.3 Å². The molecule has 0 saturated heterocycles. The summed E-state index contributed by atoms with van der Waals surface area (Å²) in [7, 11) is 4.12. The number of aryl methyl sites for hydroxylation is 1. The topological polar surface area (TPSA) is 70.9 Å². The third-order valence-corrected chi connectivity index (χ3v) is 5.43. The fourth-order valence-corrected chi connectivity index (χ4v) is 3.60. The van der Waals surface area contributed by atoms with Gasteiger partial charge in [-0.25, -0.2) is 0 Å². The van der Waals surface area contributed by atoms with E-state index in [9.17, 15) is 14.4 Å². The van der Waals surface area contributed by atoms with Crippen molar-refractivity contribution in [2.24, 2.45) is 0 Å². The number of carbonyl (C=O) groups is 3.